The SMILES string of the molecule is CC(C)CC(CNc1ccc(Br)cn1)N1CCOCC1. The Morgan fingerprint density at radius 1 is 1.35 bits per heavy atom. The molecule has 0 saturated carbocycles. The van der Waals surface area contributed by atoms with Gasteiger partial charge in [0.2, 0.25) is 0 Å². The van der Waals surface area contributed by atoms with E-state index in [-0.39, 0.29) is 0 Å². The molecule has 1 aromatic rings. The van der Waals surface area contributed by atoms with Crippen molar-refractivity contribution in [2.75, 3.05) is 38.2 Å². The Morgan fingerprint density at radius 3 is 2.70 bits per heavy atom. The standard InChI is InChI=1S/C15H24BrN3O/c1-12(2)9-14(19-5-7-20-8-6-19)11-18-15-4-3-13(16)10-17-15/h3-4,10,12,14H,5-9,11H2,1-2H3,(H,17,18). The maximum absolute atomic E-state index is 5.45. The number of nitrogens with zero attached hydrogens (tertiary/aromatic N) is 2. The molecule has 0 bridgehead atoms. The molecule has 0 radical (unpaired) electrons. The van der Waals surface area contributed by atoms with E-state index in [4.69, 9.17) is 4.74 Å². The first kappa shape index (κ1) is 15.7. The molecule has 1 N–H and O–H groups in total. The molecule has 0 aliphatic carbocycles. The third-order valence-electron chi connectivity index (χ3n) is 3.55. The molecule has 0 amide bonds. The lowest BCUT2D eigenvalue weighted by atomic mass is 10.0. The molecule has 2 rings (SSSR count). The minimum absolute atomic E-state index is 0.546. The molecule has 4 nitrogen and oxygen atoms in total. The fraction of sp³-hybridized carbons (Fsp3) is 0.667. The quantitative estimate of drug-likeness (QED) is 0.862. The number of morpholine rings is 1. The Hall–Kier alpha value is -0.650. The molecule has 1 aromatic heterocycles. The zero-order valence-corrected chi connectivity index (χ0v) is 13.9. The number of halogens is 1. The van der Waals surface area contributed by atoms with Crippen LogP contribution in [0.5, 0.6) is 0 Å². The van der Waals surface area contributed by atoms with Crippen molar-refractivity contribution >= 4 is 21.7 Å². The monoisotopic (exact) mass is 341 g/mol. The second kappa shape index (κ2) is 7.96. The van der Waals surface area contributed by atoms with E-state index in [1.165, 1.54) is 6.42 Å². The molecule has 20 heavy (non-hydrogen) atoms. The smallest absolute Gasteiger partial charge is 0.126 e. The normalized spacial score (nSPS) is 18.2. The number of hydrogen-bond donors (Lipinski definition) is 1. The molecule has 1 unspecified atom stereocenters. The van der Waals surface area contributed by atoms with Gasteiger partial charge < -0.3 is 10.1 Å². The van der Waals surface area contributed by atoms with Crippen LogP contribution in [0.15, 0.2) is 22.8 Å². The van der Waals surface area contributed by atoms with Gasteiger partial charge in [0.1, 0.15) is 5.82 Å². The summed E-state index contributed by atoms with van der Waals surface area (Å²) in [5, 5.41) is 3.46. The van der Waals surface area contributed by atoms with E-state index in [1.54, 1.807) is 0 Å². The van der Waals surface area contributed by atoms with Crippen LogP contribution in [-0.4, -0.2) is 48.8 Å². The fourth-order valence-electron chi connectivity index (χ4n) is 2.55. The summed E-state index contributed by atoms with van der Waals surface area (Å²) in [5.74, 6) is 1.64. The zero-order chi connectivity index (χ0) is 14.4. The number of hydrogen-bond acceptors (Lipinski definition) is 4. The highest BCUT2D eigenvalue weighted by molar-refractivity contribution is 9.10. The van der Waals surface area contributed by atoms with E-state index in [0.29, 0.717) is 12.0 Å². The van der Waals surface area contributed by atoms with Gasteiger partial charge in [-0.1, -0.05) is 13.8 Å². The molecular formula is C15H24BrN3O. The molecule has 0 spiro atoms. The molecule has 1 fully saturated rings. The van der Waals surface area contributed by atoms with Crippen LogP contribution in [0.2, 0.25) is 0 Å². The van der Waals surface area contributed by atoms with Crippen LogP contribution in [0, 0.1) is 5.92 Å². The van der Waals surface area contributed by atoms with Crippen molar-refractivity contribution in [2.45, 2.75) is 26.3 Å². The molecule has 1 saturated heterocycles. The first-order valence-corrected chi connectivity index (χ1v) is 8.11. The number of nitrogens with one attached hydrogen (secondary N) is 1. The number of anilines is 1. The number of rotatable bonds is 6. The van der Waals surface area contributed by atoms with Gasteiger partial charge in [0.15, 0.2) is 0 Å². The first-order chi connectivity index (χ1) is 9.65. The molecule has 1 aliphatic heterocycles. The van der Waals surface area contributed by atoms with E-state index < -0.39 is 0 Å². The second-order valence-electron chi connectivity index (χ2n) is 5.67. The molecule has 112 valence electrons. The molecular weight excluding hydrogens is 318 g/mol. The van der Waals surface area contributed by atoms with E-state index in [1.807, 2.05) is 18.3 Å². The minimum Gasteiger partial charge on any atom is -0.379 e. The highest BCUT2D eigenvalue weighted by Crippen LogP contribution is 2.15. The minimum atomic E-state index is 0.546. The Labute approximate surface area is 130 Å². The predicted molar refractivity (Wildman–Crippen MR) is 86.1 cm³/mol. The van der Waals surface area contributed by atoms with Gasteiger partial charge in [-0.3, -0.25) is 4.90 Å². The van der Waals surface area contributed by atoms with E-state index in [2.05, 4.69) is 45.0 Å². The highest BCUT2D eigenvalue weighted by atomic mass is 79.9. The van der Waals surface area contributed by atoms with Crippen molar-refractivity contribution in [3.05, 3.63) is 22.8 Å². The van der Waals surface area contributed by atoms with Gasteiger partial charge in [-0.25, -0.2) is 4.98 Å². The third-order valence-corrected chi connectivity index (χ3v) is 4.02. The van der Waals surface area contributed by atoms with Gasteiger partial charge in [-0.2, -0.15) is 0 Å². The van der Waals surface area contributed by atoms with Crippen LogP contribution in [0.3, 0.4) is 0 Å². The van der Waals surface area contributed by atoms with Gasteiger partial charge in [0, 0.05) is 36.3 Å². The number of aromatic nitrogens is 1. The van der Waals surface area contributed by atoms with E-state index in [0.717, 1.165) is 43.1 Å². The Morgan fingerprint density at radius 2 is 2.10 bits per heavy atom. The van der Waals surface area contributed by atoms with Crippen molar-refractivity contribution in [3.8, 4) is 0 Å². The lowest BCUT2D eigenvalue weighted by Gasteiger charge is -2.35. The second-order valence-corrected chi connectivity index (χ2v) is 6.59. The van der Waals surface area contributed by atoms with Gasteiger partial charge in [0.25, 0.3) is 0 Å². The first-order valence-electron chi connectivity index (χ1n) is 7.32. The van der Waals surface area contributed by atoms with Crippen LogP contribution in [0.25, 0.3) is 0 Å². The molecule has 0 aromatic carbocycles. The van der Waals surface area contributed by atoms with Crippen molar-refractivity contribution in [3.63, 3.8) is 0 Å². The Balaban J connectivity index is 1.90. The van der Waals surface area contributed by atoms with Gasteiger partial charge in [0.05, 0.1) is 13.2 Å². The lowest BCUT2D eigenvalue weighted by Crippen LogP contribution is -2.47. The van der Waals surface area contributed by atoms with Gasteiger partial charge in [-0.15, -0.1) is 0 Å². The molecule has 1 atom stereocenters. The summed E-state index contributed by atoms with van der Waals surface area (Å²) in [4.78, 5) is 6.91. The van der Waals surface area contributed by atoms with Crippen LogP contribution < -0.4 is 5.32 Å². The topological polar surface area (TPSA) is 37.4 Å². The van der Waals surface area contributed by atoms with Crippen LogP contribution in [-0.2, 0) is 4.74 Å². The van der Waals surface area contributed by atoms with Crippen molar-refractivity contribution in [1.29, 1.82) is 0 Å². The summed E-state index contributed by atoms with van der Waals surface area (Å²) in [7, 11) is 0. The summed E-state index contributed by atoms with van der Waals surface area (Å²) >= 11 is 3.41. The maximum atomic E-state index is 5.45. The van der Waals surface area contributed by atoms with Gasteiger partial charge in [-0.05, 0) is 40.4 Å². The highest BCUT2D eigenvalue weighted by Gasteiger charge is 2.21. The third kappa shape index (κ3) is 5.04. The van der Waals surface area contributed by atoms with Crippen molar-refractivity contribution < 1.29 is 4.74 Å². The average molecular weight is 342 g/mol. The average Bonchev–Trinajstić information content (AvgIpc) is 2.46. The fourth-order valence-corrected chi connectivity index (χ4v) is 2.79. The molecule has 1 aliphatic rings. The lowest BCUT2D eigenvalue weighted by molar-refractivity contribution is 0.0150. The predicted octanol–water partition coefficient (Wildman–Crippen LogP) is 3.00. The van der Waals surface area contributed by atoms with Crippen molar-refractivity contribution in [2.24, 2.45) is 5.92 Å². The van der Waals surface area contributed by atoms with Gasteiger partial charge >= 0.3 is 0 Å². The van der Waals surface area contributed by atoms with Crippen LogP contribution in [0.1, 0.15) is 20.3 Å². The van der Waals surface area contributed by atoms with E-state index >= 15 is 0 Å². The molecule has 2 heterocycles. The maximum Gasteiger partial charge on any atom is 0.126 e. The largest absolute Gasteiger partial charge is 0.379 e. The Kier molecular flexibility index (Phi) is 6.26. The number of pyridine rings is 1. The van der Waals surface area contributed by atoms with Crippen LogP contribution in [0.4, 0.5) is 5.82 Å². The Bertz CT molecular complexity index is 391. The summed E-state index contributed by atoms with van der Waals surface area (Å²) in [6.07, 6.45) is 3.03. The summed E-state index contributed by atoms with van der Waals surface area (Å²) in [6.45, 7) is 9.28. The molecule has 5 heteroatoms. The van der Waals surface area contributed by atoms with Crippen molar-refractivity contribution in [1.82, 2.24) is 9.88 Å². The zero-order valence-electron chi connectivity index (χ0n) is 12.3. The summed E-state index contributed by atoms with van der Waals surface area (Å²) in [5.41, 5.74) is 0. The van der Waals surface area contributed by atoms with E-state index in [9.17, 15) is 0 Å². The summed E-state index contributed by atoms with van der Waals surface area (Å²) in [6, 6.07) is 4.57. The summed E-state index contributed by atoms with van der Waals surface area (Å²) < 4.78 is 6.46. The van der Waals surface area contributed by atoms with Crippen LogP contribution >= 0.6 is 15.9 Å². The number of ether oxygens (including phenoxy) is 1.